The van der Waals surface area contributed by atoms with Gasteiger partial charge in [0.15, 0.2) is 5.78 Å². The number of nitrogens with zero attached hydrogens (tertiary/aromatic N) is 1. The number of likely N-dealkylation sites (N-methyl/N-ethyl adjacent to an activating group) is 1. The van der Waals surface area contributed by atoms with E-state index in [1.165, 1.54) is 18.4 Å². The van der Waals surface area contributed by atoms with E-state index in [0.29, 0.717) is 18.6 Å². The molecule has 20 heavy (non-hydrogen) atoms. The Morgan fingerprint density at radius 3 is 2.20 bits per heavy atom. The Morgan fingerprint density at radius 2 is 1.85 bits per heavy atom. The standard InChI is InChI=1S/C17H27NO2/c1-12(19)7-6-8-16(9-10-16)17(18(4)5)11-15(20)13(2)14(17)3/h6-11H2,1-5H3. The van der Waals surface area contributed by atoms with Crippen LogP contribution in [-0.2, 0) is 9.59 Å². The number of Topliss-reactive ketones (excluding diaryl/α,β-unsaturated/α-hetero) is 2. The molecular formula is C17H27NO2. The van der Waals surface area contributed by atoms with Crippen LogP contribution in [0.3, 0.4) is 0 Å². The molecule has 1 atom stereocenters. The number of hydrogen-bond donors (Lipinski definition) is 0. The fourth-order valence-corrected chi connectivity index (χ4v) is 4.27. The molecule has 3 heteroatoms. The Hall–Kier alpha value is -0.960. The summed E-state index contributed by atoms with van der Waals surface area (Å²) in [6.07, 6.45) is 5.66. The molecule has 0 saturated heterocycles. The van der Waals surface area contributed by atoms with Gasteiger partial charge in [-0.3, -0.25) is 9.69 Å². The summed E-state index contributed by atoms with van der Waals surface area (Å²) < 4.78 is 0. The zero-order valence-corrected chi connectivity index (χ0v) is 13.5. The second-order valence-corrected chi connectivity index (χ2v) is 6.94. The maximum absolute atomic E-state index is 12.2. The quantitative estimate of drug-likeness (QED) is 0.748. The van der Waals surface area contributed by atoms with Crippen LogP contribution in [0.1, 0.15) is 59.3 Å². The molecule has 0 aromatic carbocycles. The highest BCUT2D eigenvalue weighted by atomic mass is 16.1. The lowest BCUT2D eigenvalue weighted by Gasteiger charge is -2.45. The largest absolute Gasteiger partial charge is 0.300 e. The van der Waals surface area contributed by atoms with E-state index in [1.807, 2.05) is 6.92 Å². The van der Waals surface area contributed by atoms with Gasteiger partial charge >= 0.3 is 0 Å². The highest BCUT2D eigenvalue weighted by molar-refractivity contribution is 6.00. The van der Waals surface area contributed by atoms with Gasteiger partial charge in [-0.2, -0.15) is 0 Å². The SMILES string of the molecule is CC(=O)CCCC1(C2(N(C)C)CC(=O)C(C)=C2C)CC1. The van der Waals surface area contributed by atoms with Crippen LogP contribution in [-0.4, -0.2) is 36.1 Å². The van der Waals surface area contributed by atoms with Crippen molar-refractivity contribution in [2.45, 2.75) is 64.8 Å². The summed E-state index contributed by atoms with van der Waals surface area (Å²) in [7, 11) is 4.20. The van der Waals surface area contributed by atoms with Gasteiger partial charge in [-0.1, -0.05) is 0 Å². The molecule has 112 valence electrons. The van der Waals surface area contributed by atoms with Crippen LogP contribution in [0.15, 0.2) is 11.1 Å². The molecule has 0 aromatic rings. The lowest BCUT2D eigenvalue weighted by atomic mass is 9.72. The van der Waals surface area contributed by atoms with Crippen molar-refractivity contribution in [3.05, 3.63) is 11.1 Å². The van der Waals surface area contributed by atoms with Gasteiger partial charge in [0, 0.05) is 12.8 Å². The summed E-state index contributed by atoms with van der Waals surface area (Å²) in [6, 6.07) is 0. The zero-order chi connectivity index (χ0) is 15.1. The van der Waals surface area contributed by atoms with Crippen molar-refractivity contribution < 1.29 is 9.59 Å². The number of carbonyl (C=O) groups is 2. The molecule has 0 radical (unpaired) electrons. The monoisotopic (exact) mass is 277 g/mol. The van der Waals surface area contributed by atoms with Crippen LogP contribution in [0.5, 0.6) is 0 Å². The molecule has 0 aromatic heterocycles. The summed E-state index contributed by atoms with van der Waals surface area (Å²) >= 11 is 0. The van der Waals surface area contributed by atoms with E-state index in [9.17, 15) is 9.59 Å². The number of allylic oxidation sites excluding steroid dienone is 1. The predicted molar refractivity (Wildman–Crippen MR) is 80.6 cm³/mol. The molecule has 0 N–H and O–H groups in total. The van der Waals surface area contributed by atoms with Gasteiger partial charge in [0.25, 0.3) is 0 Å². The minimum absolute atomic E-state index is 0.106. The fourth-order valence-electron chi connectivity index (χ4n) is 4.27. The van der Waals surface area contributed by atoms with Gasteiger partial charge in [0.05, 0.1) is 5.54 Å². The minimum atomic E-state index is -0.106. The second-order valence-electron chi connectivity index (χ2n) is 6.94. The van der Waals surface area contributed by atoms with Crippen molar-refractivity contribution in [3.63, 3.8) is 0 Å². The Balaban J connectivity index is 2.27. The Morgan fingerprint density at radius 1 is 1.25 bits per heavy atom. The van der Waals surface area contributed by atoms with Crippen molar-refractivity contribution in [2.24, 2.45) is 5.41 Å². The molecule has 0 spiro atoms. The lowest BCUT2D eigenvalue weighted by molar-refractivity contribution is -0.118. The average Bonchev–Trinajstić information content (AvgIpc) is 3.09. The van der Waals surface area contributed by atoms with E-state index in [4.69, 9.17) is 0 Å². The molecule has 1 unspecified atom stereocenters. The van der Waals surface area contributed by atoms with Gasteiger partial charge < -0.3 is 4.79 Å². The van der Waals surface area contributed by atoms with Crippen LogP contribution in [0.25, 0.3) is 0 Å². The number of rotatable bonds is 6. The molecule has 0 bridgehead atoms. The third-order valence-corrected chi connectivity index (χ3v) is 5.70. The molecule has 2 aliphatic carbocycles. The molecule has 1 saturated carbocycles. The third kappa shape index (κ3) is 2.16. The Bertz CT molecular complexity index is 471. The molecule has 1 fully saturated rings. The highest BCUT2D eigenvalue weighted by Gasteiger charge is 2.63. The highest BCUT2D eigenvalue weighted by Crippen LogP contribution is 2.64. The summed E-state index contributed by atoms with van der Waals surface area (Å²) in [5.41, 5.74) is 2.32. The van der Waals surface area contributed by atoms with Gasteiger partial charge in [0.1, 0.15) is 5.78 Å². The van der Waals surface area contributed by atoms with Crippen LogP contribution < -0.4 is 0 Å². The molecule has 2 aliphatic rings. The lowest BCUT2D eigenvalue weighted by Crippen LogP contribution is -2.52. The topological polar surface area (TPSA) is 37.4 Å². The van der Waals surface area contributed by atoms with Crippen molar-refractivity contribution in [2.75, 3.05) is 14.1 Å². The second kappa shape index (κ2) is 5.10. The van der Waals surface area contributed by atoms with Crippen LogP contribution in [0.2, 0.25) is 0 Å². The van der Waals surface area contributed by atoms with Gasteiger partial charge in [0.2, 0.25) is 0 Å². The van der Waals surface area contributed by atoms with Gasteiger partial charge in [-0.05, 0) is 77.1 Å². The maximum Gasteiger partial charge on any atom is 0.160 e. The molecule has 2 rings (SSSR count). The molecular weight excluding hydrogens is 250 g/mol. The molecule has 0 aliphatic heterocycles. The minimum Gasteiger partial charge on any atom is -0.300 e. The van der Waals surface area contributed by atoms with E-state index in [0.717, 1.165) is 18.4 Å². The first-order valence-electron chi connectivity index (χ1n) is 7.65. The normalized spacial score (nSPS) is 28.4. The van der Waals surface area contributed by atoms with E-state index < -0.39 is 0 Å². The third-order valence-electron chi connectivity index (χ3n) is 5.70. The van der Waals surface area contributed by atoms with E-state index in [2.05, 4.69) is 25.9 Å². The number of ketones is 2. The van der Waals surface area contributed by atoms with Crippen molar-refractivity contribution in [1.29, 1.82) is 0 Å². The molecule has 3 nitrogen and oxygen atoms in total. The smallest absolute Gasteiger partial charge is 0.160 e. The van der Waals surface area contributed by atoms with E-state index >= 15 is 0 Å². The Labute approximate surface area is 122 Å². The first-order valence-corrected chi connectivity index (χ1v) is 7.65. The molecule has 0 amide bonds. The molecule has 0 heterocycles. The van der Waals surface area contributed by atoms with E-state index in [1.54, 1.807) is 6.92 Å². The van der Waals surface area contributed by atoms with Crippen LogP contribution in [0, 0.1) is 5.41 Å². The van der Waals surface area contributed by atoms with Crippen molar-refractivity contribution >= 4 is 11.6 Å². The first kappa shape index (κ1) is 15.4. The average molecular weight is 277 g/mol. The fraction of sp³-hybridized carbons (Fsp3) is 0.765. The Kier molecular flexibility index (Phi) is 3.94. The van der Waals surface area contributed by atoms with Crippen LogP contribution >= 0.6 is 0 Å². The summed E-state index contributed by atoms with van der Waals surface area (Å²) in [6.45, 7) is 5.76. The summed E-state index contributed by atoms with van der Waals surface area (Å²) in [5.74, 6) is 0.569. The first-order chi connectivity index (χ1) is 9.27. The summed E-state index contributed by atoms with van der Waals surface area (Å²) in [4.78, 5) is 25.7. The van der Waals surface area contributed by atoms with Crippen molar-refractivity contribution in [3.8, 4) is 0 Å². The van der Waals surface area contributed by atoms with E-state index in [-0.39, 0.29) is 16.7 Å². The van der Waals surface area contributed by atoms with Gasteiger partial charge in [-0.25, -0.2) is 0 Å². The maximum atomic E-state index is 12.2. The van der Waals surface area contributed by atoms with Crippen molar-refractivity contribution in [1.82, 2.24) is 4.90 Å². The van der Waals surface area contributed by atoms with Crippen LogP contribution in [0.4, 0.5) is 0 Å². The van der Waals surface area contributed by atoms with Gasteiger partial charge in [-0.15, -0.1) is 0 Å². The zero-order valence-electron chi connectivity index (χ0n) is 13.5. The summed E-state index contributed by atoms with van der Waals surface area (Å²) in [5, 5.41) is 0. The number of carbonyl (C=O) groups excluding carboxylic acids is 2. The number of hydrogen-bond acceptors (Lipinski definition) is 3. The predicted octanol–water partition coefficient (Wildman–Crippen LogP) is 3.14.